The van der Waals surface area contributed by atoms with E-state index in [4.69, 9.17) is 0 Å². The van der Waals surface area contributed by atoms with Gasteiger partial charge in [-0.25, -0.2) is 4.90 Å². The molecule has 0 radical (unpaired) electrons. The maximum Gasteiger partial charge on any atom is 0.272 e. The molecule has 2 rings (SSSR count). The number of hydrogen-bond donors (Lipinski definition) is 1. The van der Waals surface area contributed by atoms with Crippen LogP contribution in [0.5, 0.6) is 0 Å². The Bertz CT molecular complexity index is 656. The van der Waals surface area contributed by atoms with E-state index in [2.05, 4.69) is 0 Å². The number of carbonyl (C=O) groups is 3. The fourth-order valence-electron chi connectivity index (χ4n) is 2.03. The lowest BCUT2D eigenvalue weighted by molar-refractivity contribution is -0.137. The summed E-state index contributed by atoms with van der Waals surface area (Å²) in [6, 6.07) is 8.91. The van der Waals surface area contributed by atoms with Crippen LogP contribution in [-0.4, -0.2) is 27.6 Å². The second-order valence-corrected chi connectivity index (χ2v) is 4.38. The van der Waals surface area contributed by atoms with Gasteiger partial charge in [-0.15, -0.1) is 0 Å². The van der Waals surface area contributed by atoms with Crippen LogP contribution in [0.25, 0.3) is 6.08 Å². The van der Waals surface area contributed by atoms with Crippen LogP contribution in [0.1, 0.15) is 19.4 Å². The van der Waals surface area contributed by atoms with Crippen LogP contribution >= 0.6 is 0 Å². The average Bonchev–Trinajstić information content (AvgIpc) is 2.62. The molecular weight excluding hydrogens is 258 g/mol. The highest BCUT2D eigenvalue weighted by atomic mass is 16.3. The number of amides is 2. The van der Waals surface area contributed by atoms with Crippen molar-refractivity contribution in [2.24, 2.45) is 0 Å². The molecule has 0 aliphatic carbocycles. The van der Waals surface area contributed by atoms with Gasteiger partial charge in [-0.2, -0.15) is 0 Å². The van der Waals surface area contributed by atoms with Crippen molar-refractivity contribution in [3.63, 3.8) is 0 Å². The van der Waals surface area contributed by atoms with Gasteiger partial charge >= 0.3 is 0 Å². The molecule has 1 aromatic rings. The standard InChI is InChI=1S/C15H13NO4/c1-9(17)13-14(19)12(16(10(2)18)15(13)20)8-11-6-4-3-5-7-11/h3-8,19H,1-2H3/b12-8-. The largest absolute Gasteiger partial charge is 0.505 e. The first-order chi connectivity index (χ1) is 9.43. The first-order valence-electron chi connectivity index (χ1n) is 5.99. The van der Waals surface area contributed by atoms with E-state index in [1.165, 1.54) is 19.9 Å². The van der Waals surface area contributed by atoms with Gasteiger partial charge < -0.3 is 5.11 Å². The fourth-order valence-corrected chi connectivity index (χ4v) is 2.03. The highest BCUT2D eigenvalue weighted by molar-refractivity contribution is 6.25. The van der Waals surface area contributed by atoms with E-state index in [9.17, 15) is 19.5 Å². The maximum atomic E-state index is 12.0. The molecule has 20 heavy (non-hydrogen) atoms. The second kappa shape index (κ2) is 5.13. The molecule has 5 heteroatoms. The predicted molar refractivity (Wildman–Crippen MR) is 72.3 cm³/mol. The first kappa shape index (κ1) is 13.7. The SMILES string of the molecule is CC(=O)C1=C(O)/C(=C/c2ccccc2)N(C(C)=O)C1=O. The Hall–Kier alpha value is -2.69. The van der Waals surface area contributed by atoms with E-state index < -0.39 is 23.4 Å². The number of rotatable bonds is 2. The zero-order valence-electron chi connectivity index (χ0n) is 11.1. The Morgan fingerprint density at radius 3 is 2.25 bits per heavy atom. The molecule has 1 heterocycles. The van der Waals surface area contributed by atoms with Crippen molar-refractivity contribution in [3.05, 3.63) is 52.9 Å². The van der Waals surface area contributed by atoms with Crippen molar-refractivity contribution in [1.29, 1.82) is 0 Å². The molecule has 0 saturated carbocycles. The lowest BCUT2D eigenvalue weighted by Gasteiger charge is -2.14. The van der Waals surface area contributed by atoms with E-state index in [0.717, 1.165) is 4.90 Å². The smallest absolute Gasteiger partial charge is 0.272 e. The molecule has 102 valence electrons. The molecule has 5 nitrogen and oxygen atoms in total. The molecule has 0 aromatic heterocycles. The Kier molecular flexibility index (Phi) is 3.52. The van der Waals surface area contributed by atoms with Gasteiger partial charge in [-0.05, 0) is 18.6 Å². The highest BCUT2D eigenvalue weighted by Gasteiger charge is 2.39. The summed E-state index contributed by atoms with van der Waals surface area (Å²) in [6.45, 7) is 2.38. The molecule has 1 aliphatic rings. The molecule has 0 fully saturated rings. The zero-order valence-corrected chi connectivity index (χ0v) is 11.1. The molecule has 0 unspecified atom stereocenters. The van der Waals surface area contributed by atoms with Gasteiger partial charge in [-0.1, -0.05) is 30.3 Å². The van der Waals surface area contributed by atoms with E-state index in [0.29, 0.717) is 5.56 Å². The van der Waals surface area contributed by atoms with Crippen molar-refractivity contribution in [2.75, 3.05) is 0 Å². The summed E-state index contributed by atoms with van der Waals surface area (Å²) >= 11 is 0. The summed E-state index contributed by atoms with van der Waals surface area (Å²) in [5, 5.41) is 10.0. The van der Waals surface area contributed by atoms with E-state index in [1.807, 2.05) is 6.07 Å². The van der Waals surface area contributed by atoms with E-state index >= 15 is 0 Å². The normalized spacial score (nSPS) is 17.0. The quantitative estimate of drug-likeness (QED) is 0.832. The van der Waals surface area contributed by atoms with Crippen LogP contribution < -0.4 is 0 Å². The van der Waals surface area contributed by atoms with Crippen LogP contribution in [0.15, 0.2) is 47.4 Å². The minimum Gasteiger partial charge on any atom is -0.505 e. The van der Waals surface area contributed by atoms with Gasteiger partial charge in [0.2, 0.25) is 5.91 Å². The number of imide groups is 1. The number of ketones is 1. The summed E-state index contributed by atoms with van der Waals surface area (Å²) in [5.41, 5.74) is 0.374. The van der Waals surface area contributed by atoms with Crippen molar-refractivity contribution < 1.29 is 19.5 Å². The Morgan fingerprint density at radius 2 is 1.75 bits per heavy atom. The summed E-state index contributed by atoms with van der Waals surface area (Å²) in [5.74, 6) is -2.37. The second-order valence-electron chi connectivity index (χ2n) is 4.38. The van der Waals surface area contributed by atoms with Gasteiger partial charge in [0.15, 0.2) is 11.5 Å². The molecular formula is C15H13NO4. The first-order valence-corrected chi connectivity index (χ1v) is 5.99. The molecule has 1 aliphatic heterocycles. The summed E-state index contributed by atoms with van der Waals surface area (Å²) in [6.07, 6.45) is 1.49. The molecule has 0 atom stereocenters. The number of aliphatic hydroxyl groups excluding tert-OH is 1. The molecule has 1 aromatic carbocycles. The monoisotopic (exact) mass is 271 g/mol. The summed E-state index contributed by atoms with van der Waals surface area (Å²) in [4.78, 5) is 35.8. The van der Waals surface area contributed by atoms with Gasteiger partial charge in [-0.3, -0.25) is 14.4 Å². The maximum absolute atomic E-state index is 12.0. The third kappa shape index (κ3) is 2.25. The number of nitrogens with zero attached hydrogens (tertiary/aromatic N) is 1. The van der Waals surface area contributed by atoms with E-state index in [1.54, 1.807) is 24.3 Å². The van der Waals surface area contributed by atoms with Gasteiger partial charge in [0.05, 0.1) is 5.70 Å². The molecule has 0 bridgehead atoms. The van der Waals surface area contributed by atoms with Crippen molar-refractivity contribution in [3.8, 4) is 0 Å². The van der Waals surface area contributed by atoms with Crippen LogP contribution in [0.3, 0.4) is 0 Å². The predicted octanol–water partition coefficient (Wildman–Crippen LogP) is 1.82. The number of aliphatic hydroxyl groups is 1. The molecule has 1 N–H and O–H groups in total. The van der Waals surface area contributed by atoms with Gasteiger partial charge in [0, 0.05) is 6.92 Å². The fraction of sp³-hybridized carbons (Fsp3) is 0.133. The number of carbonyl (C=O) groups excluding carboxylic acids is 3. The Labute approximate surface area is 115 Å². The molecule has 0 saturated heterocycles. The topological polar surface area (TPSA) is 74.7 Å². The lowest BCUT2D eigenvalue weighted by Crippen LogP contribution is -2.31. The minimum atomic E-state index is -0.787. The van der Waals surface area contributed by atoms with E-state index in [-0.39, 0.29) is 11.3 Å². The Morgan fingerprint density at radius 1 is 1.15 bits per heavy atom. The average molecular weight is 271 g/mol. The number of Topliss-reactive ketones (excluding diaryl/α,β-unsaturated/α-hetero) is 1. The minimum absolute atomic E-state index is 0.0268. The zero-order chi connectivity index (χ0) is 14.9. The highest BCUT2D eigenvalue weighted by Crippen LogP contribution is 2.30. The third-order valence-electron chi connectivity index (χ3n) is 2.91. The van der Waals surface area contributed by atoms with Crippen molar-refractivity contribution >= 4 is 23.7 Å². The van der Waals surface area contributed by atoms with Gasteiger partial charge in [0.25, 0.3) is 5.91 Å². The summed E-state index contributed by atoms with van der Waals surface area (Å²) in [7, 11) is 0. The summed E-state index contributed by atoms with van der Waals surface area (Å²) < 4.78 is 0. The molecule has 2 amide bonds. The van der Waals surface area contributed by atoms with Crippen LogP contribution in [0.2, 0.25) is 0 Å². The number of hydrogen-bond acceptors (Lipinski definition) is 4. The Balaban J connectivity index is 2.59. The van der Waals surface area contributed by atoms with Gasteiger partial charge in [0.1, 0.15) is 5.57 Å². The van der Waals surface area contributed by atoms with Crippen LogP contribution in [0, 0.1) is 0 Å². The van der Waals surface area contributed by atoms with Crippen LogP contribution in [-0.2, 0) is 14.4 Å². The number of benzene rings is 1. The molecule has 0 spiro atoms. The lowest BCUT2D eigenvalue weighted by atomic mass is 10.1. The van der Waals surface area contributed by atoms with Crippen molar-refractivity contribution in [1.82, 2.24) is 4.90 Å². The van der Waals surface area contributed by atoms with Crippen molar-refractivity contribution in [2.45, 2.75) is 13.8 Å². The van der Waals surface area contributed by atoms with Crippen LogP contribution in [0.4, 0.5) is 0 Å². The third-order valence-corrected chi connectivity index (χ3v) is 2.91.